The first-order valence-corrected chi connectivity index (χ1v) is 6.55. The van der Waals surface area contributed by atoms with Crippen molar-refractivity contribution < 1.29 is 14.3 Å². The van der Waals surface area contributed by atoms with Crippen LogP contribution < -0.4 is 11.1 Å². The van der Waals surface area contributed by atoms with E-state index in [9.17, 15) is 9.59 Å². The fourth-order valence-electron chi connectivity index (χ4n) is 2.01. The highest BCUT2D eigenvalue weighted by Gasteiger charge is 2.28. The lowest BCUT2D eigenvalue weighted by atomic mass is 9.97. The van der Waals surface area contributed by atoms with Gasteiger partial charge in [0.2, 0.25) is 5.91 Å². The van der Waals surface area contributed by atoms with E-state index in [1.807, 2.05) is 12.1 Å². The molecule has 0 fully saturated rings. The van der Waals surface area contributed by atoms with Crippen molar-refractivity contribution in [3.8, 4) is 6.07 Å². The number of primary amides is 1. The Labute approximate surface area is 123 Å². The number of ether oxygens (including phenoxy) is 1. The van der Waals surface area contributed by atoms with E-state index in [2.05, 4.69) is 5.32 Å². The van der Waals surface area contributed by atoms with Gasteiger partial charge in [-0.25, -0.2) is 0 Å². The lowest BCUT2D eigenvalue weighted by Gasteiger charge is -2.23. The third-order valence-corrected chi connectivity index (χ3v) is 3.16. The molecule has 0 saturated heterocycles. The summed E-state index contributed by atoms with van der Waals surface area (Å²) in [5, 5.41) is 11.3. The van der Waals surface area contributed by atoms with Crippen molar-refractivity contribution in [3.05, 3.63) is 35.9 Å². The Kier molecular flexibility index (Phi) is 6.37. The number of nitrogens with zero attached hydrogens (tertiary/aromatic N) is 1. The van der Waals surface area contributed by atoms with Crippen LogP contribution in [-0.2, 0) is 14.3 Å². The number of methoxy groups -OCH3 is 1. The largest absolute Gasteiger partial charge is 0.368 e. The Morgan fingerprint density at radius 3 is 2.48 bits per heavy atom. The van der Waals surface area contributed by atoms with Gasteiger partial charge in [0.25, 0.3) is 5.91 Å². The Hall–Kier alpha value is -2.39. The lowest BCUT2D eigenvalue weighted by Crippen LogP contribution is -2.49. The molecule has 0 heterocycles. The molecule has 0 saturated carbocycles. The van der Waals surface area contributed by atoms with E-state index >= 15 is 0 Å². The van der Waals surface area contributed by atoms with Gasteiger partial charge in [-0.05, 0) is 11.5 Å². The van der Waals surface area contributed by atoms with Gasteiger partial charge in [-0.3, -0.25) is 9.59 Å². The summed E-state index contributed by atoms with van der Waals surface area (Å²) in [6, 6.07) is 9.98. The molecule has 0 aromatic heterocycles. The molecule has 1 aromatic carbocycles. The third kappa shape index (κ3) is 4.58. The summed E-state index contributed by atoms with van der Waals surface area (Å²) in [5.41, 5.74) is 5.97. The second-order valence-electron chi connectivity index (χ2n) is 4.75. The number of benzene rings is 1. The number of nitrogens with two attached hydrogens (primary N) is 1. The summed E-state index contributed by atoms with van der Waals surface area (Å²) in [4.78, 5) is 23.7. The molecule has 21 heavy (non-hydrogen) atoms. The number of hydrogen-bond donors (Lipinski definition) is 2. The standard InChI is InChI=1S/C15H19N3O3/c1-10(8-9-16)12(14(17)19)18-15(20)13(21-2)11-6-4-3-5-7-11/h3-7,10,12-13H,8H2,1-2H3,(H2,17,19)(H,18,20)/t10-,12+,13-/m0/s1. The molecule has 0 bridgehead atoms. The van der Waals surface area contributed by atoms with Crippen LogP contribution in [0.25, 0.3) is 0 Å². The molecule has 3 atom stereocenters. The zero-order valence-electron chi connectivity index (χ0n) is 12.1. The van der Waals surface area contributed by atoms with Crippen molar-refractivity contribution in [2.24, 2.45) is 11.7 Å². The Morgan fingerprint density at radius 2 is 2.00 bits per heavy atom. The van der Waals surface area contributed by atoms with E-state index < -0.39 is 24.0 Å². The molecule has 2 amide bonds. The molecular weight excluding hydrogens is 270 g/mol. The van der Waals surface area contributed by atoms with Gasteiger partial charge in [-0.2, -0.15) is 5.26 Å². The van der Waals surface area contributed by atoms with Crippen molar-refractivity contribution in [2.45, 2.75) is 25.5 Å². The summed E-state index contributed by atoms with van der Waals surface area (Å²) in [6.07, 6.45) is -0.709. The Bertz CT molecular complexity index is 525. The zero-order chi connectivity index (χ0) is 15.8. The predicted molar refractivity (Wildman–Crippen MR) is 76.7 cm³/mol. The van der Waals surface area contributed by atoms with Crippen molar-refractivity contribution in [1.29, 1.82) is 5.26 Å². The number of nitrogens with one attached hydrogen (secondary N) is 1. The van der Waals surface area contributed by atoms with E-state index in [-0.39, 0.29) is 12.3 Å². The minimum absolute atomic E-state index is 0.122. The normalized spacial score (nSPS) is 14.5. The highest BCUT2D eigenvalue weighted by molar-refractivity contribution is 5.89. The second kappa shape index (κ2) is 8.02. The summed E-state index contributed by atoms with van der Waals surface area (Å²) < 4.78 is 5.19. The van der Waals surface area contributed by atoms with Gasteiger partial charge in [-0.15, -0.1) is 0 Å². The molecule has 0 aliphatic heterocycles. The minimum atomic E-state index is -0.904. The summed E-state index contributed by atoms with van der Waals surface area (Å²) >= 11 is 0. The van der Waals surface area contributed by atoms with Crippen molar-refractivity contribution in [3.63, 3.8) is 0 Å². The van der Waals surface area contributed by atoms with E-state index in [0.717, 1.165) is 0 Å². The van der Waals surface area contributed by atoms with E-state index in [0.29, 0.717) is 5.56 Å². The smallest absolute Gasteiger partial charge is 0.254 e. The molecule has 3 N–H and O–H groups in total. The maximum atomic E-state index is 12.3. The molecule has 0 aliphatic carbocycles. The van der Waals surface area contributed by atoms with Gasteiger partial charge in [0.05, 0.1) is 6.07 Å². The topological polar surface area (TPSA) is 105 Å². The van der Waals surface area contributed by atoms with Crippen LogP contribution in [-0.4, -0.2) is 25.0 Å². The van der Waals surface area contributed by atoms with Gasteiger partial charge in [0.15, 0.2) is 6.10 Å². The van der Waals surface area contributed by atoms with E-state index in [1.54, 1.807) is 31.2 Å². The molecule has 6 nitrogen and oxygen atoms in total. The van der Waals surface area contributed by atoms with Crippen LogP contribution in [0, 0.1) is 17.2 Å². The number of hydrogen-bond acceptors (Lipinski definition) is 4. The average Bonchev–Trinajstić information content (AvgIpc) is 2.46. The number of carbonyl (C=O) groups excluding carboxylic acids is 2. The van der Waals surface area contributed by atoms with Crippen LogP contribution in [0.3, 0.4) is 0 Å². The number of rotatable bonds is 7. The highest BCUT2D eigenvalue weighted by Crippen LogP contribution is 2.17. The number of carbonyl (C=O) groups is 2. The monoisotopic (exact) mass is 289 g/mol. The van der Waals surface area contributed by atoms with E-state index in [1.165, 1.54) is 7.11 Å². The van der Waals surface area contributed by atoms with Crippen LogP contribution in [0.1, 0.15) is 25.0 Å². The fourth-order valence-corrected chi connectivity index (χ4v) is 2.01. The first-order valence-electron chi connectivity index (χ1n) is 6.55. The van der Waals surface area contributed by atoms with Gasteiger partial charge in [-0.1, -0.05) is 37.3 Å². The summed E-state index contributed by atoms with van der Waals surface area (Å²) in [6.45, 7) is 1.68. The van der Waals surface area contributed by atoms with Crippen LogP contribution in [0.15, 0.2) is 30.3 Å². The first kappa shape index (κ1) is 16.7. The Morgan fingerprint density at radius 1 is 1.38 bits per heavy atom. The lowest BCUT2D eigenvalue weighted by molar-refractivity contribution is -0.135. The molecule has 0 spiro atoms. The van der Waals surface area contributed by atoms with Crippen LogP contribution in [0.4, 0.5) is 0 Å². The van der Waals surface area contributed by atoms with Crippen LogP contribution in [0.5, 0.6) is 0 Å². The SMILES string of the molecule is CO[C@H](C(=O)N[C@@H](C(N)=O)[C@@H](C)CC#N)c1ccccc1. The van der Waals surface area contributed by atoms with Crippen LogP contribution in [0.2, 0.25) is 0 Å². The number of nitriles is 1. The third-order valence-electron chi connectivity index (χ3n) is 3.16. The average molecular weight is 289 g/mol. The molecule has 1 aromatic rings. The van der Waals surface area contributed by atoms with Crippen LogP contribution >= 0.6 is 0 Å². The second-order valence-corrected chi connectivity index (χ2v) is 4.75. The summed E-state index contributed by atoms with van der Waals surface area (Å²) in [5.74, 6) is -1.50. The predicted octanol–water partition coefficient (Wildman–Crippen LogP) is 0.894. The van der Waals surface area contributed by atoms with Crippen molar-refractivity contribution in [1.82, 2.24) is 5.32 Å². The molecule has 0 unspecified atom stereocenters. The molecule has 0 radical (unpaired) electrons. The van der Waals surface area contributed by atoms with Gasteiger partial charge < -0.3 is 15.8 Å². The van der Waals surface area contributed by atoms with Gasteiger partial charge in [0.1, 0.15) is 6.04 Å². The fraction of sp³-hybridized carbons (Fsp3) is 0.400. The maximum absolute atomic E-state index is 12.3. The first-order chi connectivity index (χ1) is 10.0. The van der Waals surface area contributed by atoms with Gasteiger partial charge in [0, 0.05) is 13.5 Å². The number of amides is 2. The minimum Gasteiger partial charge on any atom is -0.368 e. The zero-order valence-corrected chi connectivity index (χ0v) is 12.1. The molecule has 6 heteroatoms. The summed E-state index contributed by atoms with van der Waals surface area (Å²) in [7, 11) is 1.41. The van der Waals surface area contributed by atoms with Gasteiger partial charge >= 0.3 is 0 Å². The molecule has 1 rings (SSSR count). The Balaban J connectivity index is 2.85. The maximum Gasteiger partial charge on any atom is 0.254 e. The molecular formula is C15H19N3O3. The molecule has 0 aliphatic rings. The van der Waals surface area contributed by atoms with Crippen molar-refractivity contribution >= 4 is 11.8 Å². The quantitative estimate of drug-likeness (QED) is 0.777. The van der Waals surface area contributed by atoms with Crippen molar-refractivity contribution in [2.75, 3.05) is 7.11 Å². The van der Waals surface area contributed by atoms with E-state index in [4.69, 9.17) is 15.7 Å². The highest BCUT2D eigenvalue weighted by atomic mass is 16.5. The molecule has 112 valence electrons.